The fraction of sp³-hybridized carbons (Fsp3) is 0.667. The maximum Gasteiger partial charge on any atom is 0.194 e. The Morgan fingerprint density at radius 2 is 0.951 bits per heavy atom. The molecular weight excluding hydrogens is 527 g/mol. The Morgan fingerprint density at radius 1 is 0.512 bits per heavy atom. The predicted octanol–water partition coefficient (Wildman–Crippen LogP) is 11.9. The van der Waals surface area contributed by atoms with Crippen LogP contribution >= 0.6 is 0 Å². The van der Waals surface area contributed by atoms with Gasteiger partial charge in [0.15, 0.2) is 17.5 Å². The highest BCUT2D eigenvalue weighted by atomic mass is 19.2. The molecule has 0 aromatic heterocycles. The van der Waals surface area contributed by atoms with Crippen LogP contribution in [0, 0.1) is 46.8 Å². The van der Waals surface area contributed by atoms with Crippen molar-refractivity contribution in [3.05, 3.63) is 70.0 Å². The Kier molecular flexibility index (Phi) is 10.5. The summed E-state index contributed by atoms with van der Waals surface area (Å²) in [5, 5.41) is 0. The van der Waals surface area contributed by atoms with E-state index in [1.54, 1.807) is 12.1 Å². The van der Waals surface area contributed by atoms with Crippen LogP contribution in [0.1, 0.15) is 151 Å². The zero-order valence-electron chi connectivity index (χ0n) is 24.7. The standard InChI is InChI=1S/C36H47F5/c1-2-3-4-5-6-23-7-9-26(10-8-23)29-19-31(37)35(32(38)20-29)28-17-15-25(16-18-28)24-11-13-27(14-12-24)30-21-33(39)36(41)34(40)22-30/h19-28H,2-18H2,1H3. The molecule has 41 heavy (non-hydrogen) atoms. The third-order valence-corrected chi connectivity index (χ3v) is 11.0. The molecule has 0 N–H and O–H groups in total. The van der Waals surface area contributed by atoms with Crippen molar-refractivity contribution in [1.29, 1.82) is 0 Å². The van der Waals surface area contributed by atoms with Crippen LogP contribution in [-0.2, 0) is 0 Å². The van der Waals surface area contributed by atoms with Gasteiger partial charge in [-0.3, -0.25) is 0 Å². The first-order chi connectivity index (χ1) is 19.8. The van der Waals surface area contributed by atoms with Crippen molar-refractivity contribution in [2.24, 2.45) is 17.8 Å². The van der Waals surface area contributed by atoms with Gasteiger partial charge in [0.1, 0.15) is 11.6 Å². The van der Waals surface area contributed by atoms with E-state index < -0.39 is 17.5 Å². The average Bonchev–Trinajstić information content (AvgIpc) is 2.98. The van der Waals surface area contributed by atoms with Crippen LogP contribution < -0.4 is 0 Å². The molecule has 3 aliphatic carbocycles. The zero-order chi connectivity index (χ0) is 28.9. The van der Waals surface area contributed by atoms with Crippen molar-refractivity contribution >= 4 is 0 Å². The van der Waals surface area contributed by atoms with Crippen molar-refractivity contribution in [1.82, 2.24) is 0 Å². The first-order valence-corrected chi connectivity index (χ1v) is 16.5. The molecule has 0 heterocycles. The van der Waals surface area contributed by atoms with Crippen LogP contribution in [0.5, 0.6) is 0 Å². The van der Waals surface area contributed by atoms with E-state index >= 15 is 8.78 Å². The molecule has 5 rings (SSSR count). The van der Waals surface area contributed by atoms with E-state index in [0.29, 0.717) is 23.0 Å². The number of hydrogen-bond acceptors (Lipinski definition) is 0. The molecule has 0 saturated heterocycles. The fourth-order valence-electron chi connectivity index (χ4n) is 8.49. The highest BCUT2D eigenvalue weighted by Crippen LogP contribution is 2.47. The van der Waals surface area contributed by atoms with Crippen molar-refractivity contribution < 1.29 is 22.0 Å². The molecular formula is C36H47F5. The van der Waals surface area contributed by atoms with Gasteiger partial charge in [-0.15, -0.1) is 0 Å². The second-order valence-electron chi connectivity index (χ2n) is 13.5. The normalized spacial score (nSPS) is 29.0. The third-order valence-electron chi connectivity index (χ3n) is 11.0. The molecule has 3 fully saturated rings. The molecule has 2 aromatic carbocycles. The number of halogens is 5. The van der Waals surface area contributed by atoms with Gasteiger partial charge < -0.3 is 0 Å². The van der Waals surface area contributed by atoms with Gasteiger partial charge in [-0.05, 0) is 148 Å². The molecule has 0 nitrogen and oxygen atoms in total. The third kappa shape index (κ3) is 7.36. The van der Waals surface area contributed by atoms with Crippen LogP contribution in [-0.4, -0.2) is 0 Å². The summed E-state index contributed by atoms with van der Waals surface area (Å²) in [6.07, 6.45) is 18.1. The number of benzene rings is 2. The summed E-state index contributed by atoms with van der Waals surface area (Å²) >= 11 is 0. The average molecular weight is 575 g/mol. The van der Waals surface area contributed by atoms with Gasteiger partial charge in [0.05, 0.1) is 0 Å². The summed E-state index contributed by atoms with van der Waals surface area (Å²) in [6, 6.07) is 5.56. The first-order valence-electron chi connectivity index (χ1n) is 16.5. The van der Waals surface area contributed by atoms with Gasteiger partial charge in [-0.1, -0.05) is 39.0 Å². The summed E-state index contributed by atoms with van der Waals surface area (Å²) in [4.78, 5) is 0. The summed E-state index contributed by atoms with van der Waals surface area (Å²) < 4.78 is 71.6. The Balaban J connectivity index is 1.11. The van der Waals surface area contributed by atoms with Gasteiger partial charge >= 0.3 is 0 Å². The van der Waals surface area contributed by atoms with E-state index in [4.69, 9.17) is 0 Å². The van der Waals surface area contributed by atoms with E-state index in [1.165, 1.54) is 44.9 Å². The first kappa shape index (κ1) is 30.5. The smallest absolute Gasteiger partial charge is 0.194 e. The van der Waals surface area contributed by atoms with Crippen LogP contribution in [0.3, 0.4) is 0 Å². The van der Waals surface area contributed by atoms with E-state index in [2.05, 4.69) is 6.92 Å². The van der Waals surface area contributed by atoms with Gasteiger partial charge in [0.2, 0.25) is 0 Å². The number of hydrogen-bond donors (Lipinski definition) is 0. The van der Waals surface area contributed by atoms with Crippen LogP contribution in [0.4, 0.5) is 22.0 Å². The molecule has 2 aromatic rings. The molecule has 0 spiro atoms. The summed E-state index contributed by atoms with van der Waals surface area (Å²) in [7, 11) is 0. The van der Waals surface area contributed by atoms with Crippen molar-refractivity contribution in [2.75, 3.05) is 0 Å². The second kappa shape index (κ2) is 14.0. The van der Waals surface area contributed by atoms with E-state index in [1.807, 2.05) is 0 Å². The van der Waals surface area contributed by atoms with Gasteiger partial charge in [-0.2, -0.15) is 0 Å². The second-order valence-corrected chi connectivity index (χ2v) is 13.5. The quantitative estimate of drug-likeness (QED) is 0.159. The van der Waals surface area contributed by atoms with Gasteiger partial charge in [0, 0.05) is 5.56 Å². The van der Waals surface area contributed by atoms with E-state index in [0.717, 1.165) is 87.8 Å². The zero-order valence-corrected chi connectivity index (χ0v) is 24.7. The number of rotatable bonds is 9. The largest absolute Gasteiger partial charge is 0.207 e. The minimum absolute atomic E-state index is 0.0507. The molecule has 0 amide bonds. The van der Waals surface area contributed by atoms with Gasteiger partial charge in [-0.25, -0.2) is 22.0 Å². The molecule has 0 radical (unpaired) electrons. The Labute approximate surface area is 243 Å². The molecule has 0 unspecified atom stereocenters. The molecule has 0 bridgehead atoms. The van der Waals surface area contributed by atoms with Crippen molar-refractivity contribution in [2.45, 2.75) is 134 Å². The van der Waals surface area contributed by atoms with Crippen LogP contribution in [0.25, 0.3) is 0 Å². The van der Waals surface area contributed by atoms with E-state index in [9.17, 15) is 13.2 Å². The van der Waals surface area contributed by atoms with Crippen molar-refractivity contribution in [3.63, 3.8) is 0 Å². The van der Waals surface area contributed by atoms with Crippen LogP contribution in [0.15, 0.2) is 24.3 Å². The lowest BCUT2D eigenvalue weighted by Crippen LogP contribution is -2.25. The highest BCUT2D eigenvalue weighted by molar-refractivity contribution is 5.32. The highest BCUT2D eigenvalue weighted by Gasteiger charge is 2.34. The SMILES string of the molecule is CCCCCCC1CCC(c2cc(F)c(C3CCC(C4CCC(c5cc(F)c(F)c(F)c5)CC4)CC3)c(F)c2)CC1. The fourth-order valence-corrected chi connectivity index (χ4v) is 8.49. The Morgan fingerprint density at radius 3 is 1.44 bits per heavy atom. The Bertz CT molecular complexity index is 1090. The van der Waals surface area contributed by atoms with Gasteiger partial charge in [0.25, 0.3) is 0 Å². The molecule has 0 aliphatic heterocycles. The predicted molar refractivity (Wildman–Crippen MR) is 156 cm³/mol. The monoisotopic (exact) mass is 574 g/mol. The van der Waals surface area contributed by atoms with Crippen LogP contribution in [0.2, 0.25) is 0 Å². The lowest BCUT2D eigenvalue weighted by Gasteiger charge is -2.38. The topological polar surface area (TPSA) is 0 Å². The minimum Gasteiger partial charge on any atom is -0.207 e. The maximum atomic E-state index is 15.4. The minimum atomic E-state index is -1.41. The molecule has 5 heteroatoms. The van der Waals surface area contributed by atoms with E-state index in [-0.39, 0.29) is 29.4 Å². The summed E-state index contributed by atoms with van der Waals surface area (Å²) in [5.41, 5.74) is 1.69. The lowest BCUT2D eigenvalue weighted by atomic mass is 9.67. The maximum absolute atomic E-state index is 15.4. The Hall–Kier alpha value is -1.91. The molecule has 226 valence electrons. The molecule has 3 aliphatic rings. The summed E-state index contributed by atoms with van der Waals surface area (Å²) in [6.45, 7) is 2.24. The number of unbranched alkanes of at least 4 members (excludes halogenated alkanes) is 3. The molecule has 3 saturated carbocycles. The molecule has 0 atom stereocenters. The lowest BCUT2D eigenvalue weighted by molar-refractivity contribution is 0.175. The summed E-state index contributed by atoms with van der Waals surface area (Å²) in [5.74, 6) is -2.27. The van der Waals surface area contributed by atoms with Crippen molar-refractivity contribution in [3.8, 4) is 0 Å².